The average Bonchev–Trinajstić information content (AvgIpc) is 2.56. The van der Waals surface area contributed by atoms with Gasteiger partial charge in [-0.2, -0.15) is 0 Å². The number of carbonyl (C=O) groups excluding carboxylic acids is 1. The number of hydrogen-bond acceptors (Lipinski definition) is 5. The van der Waals surface area contributed by atoms with Gasteiger partial charge in [-0.25, -0.2) is 9.97 Å². The second kappa shape index (κ2) is 8.61. The van der Waals surface area contributed by atoms with Crippen molar-refractivity contribution in [2.45, 2.75) is 13.3 Å². The molecule has 0 aliphatic carbocycles. The van der Waals surface area contributed by atoms with Crippen LogP contribution in [0.2, 0.25) is 5.02 Å². The van der Waals surface area contributed by atoms with Crippen molar-refractivity contribution in [3.8, 4) is 5.75 Å². The number of benzene rings is 1. The first kappa shape index (κ1) is 18.2. The molecule has 1 heterocycles. The fourth-order valence-corrected chi connectivity index (χ4v) is 2.29. The van der Waals surface area contributed by atoms with Gasteiger partial charge >= 0.3 is 0 Å². The molecule has 1 amide bonds. The molecule has 2 rings (SSSR count). The molecule has 128 valence electrons. The van der Waals surface area contributed by atoms with Crippen LogP contribution in [0.5, 0.6) is 5.75 Å². The fourth-order valence-electron chi connectivity index (χ4n) is 2.06. The first-order valence-corrected chi connectivity index (χ1v) is 8.06. The van der Waals surface area contributed by atoms with Gasteiger partial charge in [-0.3, -0.25) is 4.79 Å². The van der Waals surface area contributed by atoms with Gasteiger partial charge in [0.2, 0.25) is 0 Å². The molecule has 1 aromatic carbocycles. The summed E-state index contributed by atoms with van der Waals surface area (Å²) in [7, 11) is 3.95. The molecule has 0 saturated carbocycles. The van der Waals surface area contributed by atoms with E-state index in [0.717, 1.165) is 6.54 Å². The number of aromatic nitrogens is 2. The van der Waals surface area contributed by atoms with Crippen molar-refractivity contribution < 1.29 is 9.53 Å². The predicted octanol–water partition coefficient (Wildman–Crippen LogP) is 2.89. The van der Waals surface area contributed by atoms with Crippen LogP contribution < -0.4 is 10.1 Å². The molecule has 7 heteroatoms. The molecule has 0 fully saturated rings. The second-order valence-corrected chi connectivity index (χ2v) is 5.89. The van der Waals surface area contributed by atoms with Crippen molar-refractivity contribution in [1.29, 1.82) is 0 Å². The van der Waals surface area contributed by atoms with Crippen LogP contribution in [0.4, 0.5) is 5.69 Å². The van der Waals surface area contributed by atoms with E-state index in [1.807, 2.05) is 25.9 Å². The Morgan fingerprint density at radius 2 is 2.17 bits per heavy atom. The molecule has 0 bridgehead atoms. The summed E-state index contributed by atoms with van der Waals surface area (Å²) >= 11 is 6.22. The third kappa shape index (κ3) is 4.91. The van der Waals surface area contributed by atoms with Gasteiger partial charge in [0.1, 0.15) is 18.7 Å². The summed E-state index contributed by atoms with van der Waals surface area (Å²) in [6.07, 6.45) is 3.61. The third-order valence-corrected chi connectivity index (χ3v) is 3.66. The Balaban J connectivity index is 2.05. The summed E-state index contributed by atoms with van der Waals surface area (Å²) in [4.78, 5) is 22.4. The van der Waals surface area contributed by atoms with Crippen molar-refractivity contribution >= 4 is 23.2 Å². The van der Waals surface area contributed by atoms with E-state index in [-0.39, 0.29) is 5.91 Å². The van der Waals surface area contributed by atoms with Gasteiger partial charge in [0, 0.05) is 18.4 Å². The molecular formula is C17H21ClN4O2. The zero-order valence-electron chi connectivity index (χ0n) is 14.0. The summed E-state index contributed by atoms with van der Waals surface area (Å²) in [5.74, 6) is 0.332. The number of carbonyl (C=O) groups is 1. The quantitative estimate of drug-likeness (QED) is 0.833. The number of rotatable bonds is 7. The molecule has 2 aromatic rings. The molecule has 24 heavy (non-hydrogen) atoms. The van der Waals surface area contributed by atoms with E-state index in [4.69, 9.17) is 16.3 Å². The number of nitrogens with zero attached hydrogens (tertiary/aromatic N) is 3. The predicted molar refractivity (Wildman–Crippen MR) is 94.9 cm³/mol. The number of aryl methyl sites for hydroxylation is 1. The number of ether oxygens (including phenoxy) is 1. The number of hydrogen-bond donors (Lipinski definition) is 1. The number of nitrogens with one attached hydrogen (secondary N) is 1. The molecule has 0 unspecified atom stereocenters. The van der Waals surface area contributed by atoms with Crippen LogP contribution in [0.3, 0.4) is 0 Å². The van der Waals surface area contributed by atoms with E-state index >= 15 is 0 Å². The van der Waals surface area contributed by atoms with Crippen LogP contribution in [-0.4, -0.2) is 48.0 Å². The highest BCUT2D eigenvalue weighted by atomic mass is 35.5. The van der Waals surface area contributed by atoms with E-state index < -0.39 is 0 Å². The zero-order chi connectivity index (χ0) is 17.5. The van der Waals surface area contributed by atoms with Gasteiger partial charge in [-0.1, -0.05) is 18.5 Å². The van der Waals surface area contributed by atoms with Gasteiger partial charge in [-0.05, 0) is 38.7 Å². The SMILES string of the molecule is CCc1ncncc1C(=O)Nc1ccc(OCCN(C)C)c(Cl)c1. The Morgan fingerprint density at radius 3 is 2.83 bits per heavy atom. The second-order valence-electron chi connectivity index (χ2n) is 5.49. The lowest BCUT2D eigenvalue weighted by molar-refractivity contribution is 0.102. The zero-order valence-corrected chi connectivity index (χ0v) is 14.8. The molecule has 0 spiro atoms. The van der Waals surface area contributed by atoms with Crippen LogP contribution in [0, 0.1) is 0 Å². The van der Waals surface area contributed by atoms with Gasteiger partial charge in [0.25, 0.3) is 5.91 Å². The molecule has 0 radical (unpaired) electrons. The maximum atomic E-state index is 12.4. The Hall–Kier alpha value is -2.18. The number of amides is 1. The van der Waals surface area contributed by atoms with Crippen molar-refractivity contribution in [1.82, 2.24) is 14.9 Å². The molecular weight excluding hydrogens is 328 g/mol. The third-order valence-electron chi connectivity index (χ3n) is 3.36. The standard InChI is InChI=1S/C17H21ClN4O2/c1-4-15-13(10-19-11-20-15)17(23)21-12-5-6-16(14(18)9-12)24-8-7-22(2)3/h5-6,9-11H,4,7-8H2,1-3H3,(H,21,23). The lowest BCUT2D eigenvalue weighted by atomic mass is 10.1. The van der Waals surface area contributed by atoms with E-state index in [2.05, 4.69) is 15.3 Å². The normalized spacial score (nSPS) is 10.7. The molecule has 1 N–H and O–H groups in total. The number of halogens is 1. The largest absolute Gasteiger partial charge is 0.491 e. The van der Waals surface area contributed by atoms with Gasteiger partial charge in [0.15, 0.2) is 0 Å². The van der Waals surface area contributed by atoms with Gasteiger partial charge < -0.3 is 15.0 Å². The minimum absolute atomic E-state index is 0.259. The summed E-state index contributed by atoms with van der Waals surface area (Å²) in [6.45, 7) is 3.28. The monoisotopic (exact) mass is 348 g/mol. The lowest BCUT2D eigenvalue weighted by Crippen LogP contribution is -2.19. The van der Waals surface area contributed by atoms with E-state index in [1.165, 1.54) is 12.5 Å². The van der Waals surface area contributed by atoms with Gasteiger partial charge in [-0.15, -0.1) is 0 Å². The maximum Gasteiger partial charge on any atom is 0.259 e. The maximum absolute atomic E-state index is 12.4. The van der Waals surface area contributed by atoms with Gasteiger partial charge in [0.05, 0.1) is 16.3 Å². The number of anilines is 1. The Bertz CT molecular complexity index is 707. The van der Waals surface area contributed by atoms with E-state index in [0.29, 0.717) is 40.7 Å². The van der Waals surface area contributed by atoms with Crippen molar-refractivity contribution in [2.24, 2.45) is 0 Å². The van der Waals surface area contributed by atoms with Crippen molar-refractivity contribution in [3.05, 3.63) is 47.0 Å². The topological polar surface area (TPSA) is 67.3 Å². The Morgan fingerprint density at radius 1 is 1.38 bits per heavy atom. The summed E-state index contributed by atoms with van der Waals surface area (Å²) in [6, 6.07) is 5.17. The first-order chi connectivity index (χ1) is 11.5. The fraction of sp³-hybridized carbons (Fsp3) is 0.353. The highest BCUT2D eigenvalue weighted by Crippen LogP contribution is 2.28. The molecule has 0 aliphatic heterocycles. The first-order valence-electron chi connectivity index (χ1n) is 7.68. The average molecular weight is 349 g/mol. The lowest BCUT2D eigenvalue weighted by Gasteiger charge is -2.13. The Kier molecular flexibility index (Phi) is 6.52. The highest BCUT2D eigenvalue weighted by molar-refractivity contribution is 6.32. The summed E-state index contributed by atoms with van der Waals surface area (Å²) in [5.41, 5.74) is 1.76. The minimum Gasteiger partial charge on any atom is -0.491 e. The van der Waals surface area contributed by atoms with Crippen molar-refractivity contribution in [3.63, 3.8) is 0 Å². The van der Waals surface area contributed by atoms with Crippen LogP contribution in [0.1, 0.15) is 23.0 Å². The molecule has 0 saturated heterocycles. The number of likely N-dealkylation sites (N-methyl/N-ethyl adjacent to an activating group) is 1. The Labute approximate surface area is 146 Å². The molecule has 1 aromatic heterocycles. The van der Waals surface area contributed by atoms with Crippen LogP contribution in [-0.2, 0) is 6.42 Å². The smallest absolute Gasteiger partial charge is 0.259 e. The van der Waals surface area contributed by atoms with Crippen LogP contribution >= 0.6 is 11.6 Å². The summed E-state index contributed by atoms with van der Waals surface area (Å²) in [5, 5.41) is 3.26. The molecule has 0 atom stereocenters. The molecule has 6 nitrogen and oxygen atoms in total. The highest BCUT2D eigenvalue weighted by Gasteiger charge is 2.13. The molecule has 0 aliphatic rings. The summed E-state index contributed by atoms with van der Waals surface area (Å²) < 4.78 is 5.62. The van der Waals surface area contributed by atoms with Crippen LogP contribution in [0.15, 0.2) is 30.7 Å². The minimum atomic E-state index is -0.259. The van der Waals surface area contributed by atoms with E-state index in [9.17, 15) is 4.79 Å². The van der Waals surface area contributed by atoms with Crippen LogP contribution in [0.25, 0.3) is 0 Å². The van der Waals surface area contributed by atoms with E-state index in [1.54, 1.807) is 18.2 Å². The van der Waals surface area contributed by atoms with Crippen molar-refractivity contribution in [2.75, 3.05) is 32.6 Å².